The Labute approximate surface area is 168 Å². The maximum absolute atomic E-state index is 12.8. The molecule has 0 aromatic carbocycles. The topological polar surface area (TPSA) is 194 Å². The lowest BCUT2D eigenvalue weighted by Gasteiger charge is -2.24. The van der Waals surface area contributed by atoms with Crippen molar-refractivity contribution >= 4 is 17.8 Å². The van der Waals surface area contributed by atoms with E-state index < -0.39 is 29.9 Å². The lowest BCUT2D eigenvalue weighted by Crippen LogP contribution is -2.54. The molecule has 1 aliphatic heterocycles. The fourth-order valence-corrected chi connectivity index (χ4v) is 3.15. The van der Waals surface area contributed by atoms with Gasteiger partial charge in [-0.3, -0.25) is 14.4 Å². The van der Waals surface area contributed by atoms with Crippen LogP contribution in [-0.2, 0) is 19.1 Å². The first-order chi connectivity index (χ1) is 13.8. The summed E-state index contributed by atoms with van der Waals surface area (Å²) >= 11 is 0. The van der Waals surface area contributed by atoms with Gasteiger partial charge in [0.25, 0.3) is 0 Å². The van der Waals surface area contributed by atoms with E-state index in [1.54, 1.807) is 0 Å². The maximum Gasteiger partial charge on any atom is 0.325 e. The number of ether oxygens (including phenoxy) is 1. The lowest BCUT2D eigenvalue weighted by atomic mass is 9.97. The summed E-state index contributed by atoms with van der Waals surface area (Å²) in [7, 11) is 1.21. The van der Waals surface area contributed by atoms with E-state index in [1.807, 2.05) is 13.8 Å². The molecule has 1 rings (SSSR count). The third kappa shape index (κ3) is 8.26. The van der Waals surface area contributed by atoms with Crippen molar-refractivity contribution in [3.05, 3.63) is 20.9 Å². The Hall–Kier alpha value is -3.01. The molecule has 2 amide bonds. The number of carbonyl (C=O) groups is 3. The van der Waals surface area contributed by atoms with E-state index in [4.69, 9.17) is 11.1 Å². The SMILES string of the molecule is COC(=O)CNC(=O)[C@H](CC(C)C)NC(=O)[C@@H]1N[C@@H](CN=[N+]=[N-])C[C@H]1CN=[N+]=[N-]. The molecule has 13 heteroatoms. The van der Waals surface area contributed by atoms with Gasteiger partial charge in [-0.25, -0.2) is 0 Å². The molecule has 4 atom stereocenters. The van der Waals surface area contributed by atoms with Crippen LogP contribution in [0.4, 0.5) is 0 Å². The van der Waals surface area contributed by atoms with Gasteiger partial charge in [-0.15, -0.1) is 0 Å². The highest BCUT2D eigenvalue weighted by molar-refractivity contribution is 5.91. The molecule has 0 aromatic rings. The Kier molecular flexibility index (Phi) is 10.3. The average molecular weight is 409 g/mol. The van der Waals surface area contributed by atoms with Crippen LogP contribution < -0.4 is 16.0 Å². The molecule has 1 aliphatic rings. The van der Waals surface area contributed by atoms with Crippen molar-refractivity contribution < 1.29 is 19.1 Å². The number of carbonyl (C=O) groups excluding carboxylic acids is 3. The van der Waals surface area contributed by atoms with Crippen molar-refractivity contribution in [3.63, 3.8) is 0 Å². The molecule has 160 valence electrons. The Morgan fingerprint density at radius 2 is 1.86 bits per heavy atom. The van der Waals surface area contributed by atoms with E-state index in [2.05, 4.69) is 40.7 Å². The Morgan fingerprint density at radius 3 is 2.45 bits per heavy atom. The van der Waals surface area contributed by atoms with Crippen LogP contribution in [0.3, 0.4) is 0 Å². The quantitative estimate of drug-likeness (QED) is 0.196. The minimum Gasteiger partial charge on any atom is -0.468 e. The second-order valence-corrected chi connectivity index (χ2v) is 7.15. The second-order valence-electron chi connectivity index (χ2n) is 7.15. The molecule has 0 saturated carbocycles. The van der Waals surface area contributed by atoms with Gasteiger partial charge >= 0.3 is 5.97 Å². The van der Waals surface area contributed by atoms with E-state index in [0.717, 1.165) is 0 Å². The molecule has 0 bridgehead atoms. The third-order valence-electron chi connectivity index (χ3n) is 4.48. The van der Waals surface area contributed by atoms with Gasteiger partial charge < -0.3 is 20.7 Å². The minimum atomic E-state index is -0.842. The highest BCUT2D eigenvalue weighted by Crippen LogP contribution is 2.22. The summed E-state index contributed by atoms with van der Waals surface area (Å²) in [5, 5.41) is 15.3. The first-order valence-corrected chi connectivity index (χ1v) is 9.25. The smallest absolute Gasteiger partial charge is 0.325 e. The van der Waals surface area contributed by atoms with E-state index in [0.29, 0.717) is 12.8 Å². The molecule has 0 radical (unpaired) electrons. The van der Waals surface area contributed by atoms with Crippen molar-refractivity contribution in [1.29, 1.82) is 0 Å². The van der Waals surface area contributed by atoms with Gasteiger partial charge in [-0.2, -0.15) is 0 Å². The van der Waals surface area contributed by atoms with Crippen molar-refractivity contribution in [3.8, 4) is 0 Å². The van der Waals surface area contributed by atoms with Crippen molar-refractivity contribution in [2.75, 3.05) is 26.7 Å². The number of methoxy groups -OCH3 is 1. The van der Waals surface area contributed by atoms with Crippen LogP contribution in [0.5, 0.6) is 0 Å². The Bertz CT molecular complexity index is 686. The number of amides is 2. The van der Waals surface area contributed by atoms with Gasteiger partial charge in [0.15, 0.2) is 0 Å². The normalized spacial score (nSPS) is 21.4. The van der Waals surface area contributed by atoms with E-state index >= 15 is 0 Å². The van der Waals surface area contributed by atoms with Gasteiger partial charge in [0, 0.05) is 29.0 Å². The fourth-order valence-electron chi connectivity index (χ4n) is 3.15. The summed E-state index contributed by atoms with van der Waals surface area (Å²) < 4.78 is 4.49. The van der Waals surface area contributed by atoms with Crippen LogP contribution in [0.25, 0.3) is 20.9 Å². The molecule has 29 heavy (non-hydrogen) atoms. The highest BCUT2D eigenvalue weighted by atomic mass is 16.5. The predicted octanol–water partition coefficient (Wildman–Crippen LogP) is 0.774. The summed E-state index contributed by atoms with van der Waals surface area (Å²) in [6.45, 7) is 3.76. The zero-order valence-electron chi connectivity index (χ0n) is 16.7. The fraction of sp³-hybridized carbons (Fsp3) is 0.812. The van der Waals surface area contributed by atoms with Crippen molar-refractivity contribution in [2.45, 2.75) is 44.8 Å². The van der Waals surface area contributed by atoms with Gasteiger partial charge in [-0.1, -0.05) is 24.1 Å². The number of nitrogens with one attached hydrogen (secondary N) is 3. The third-order valence-corrected chi connectivity index (χ3v) is 4.48. The van der Waals surface area contributed by atoms with Crippen LogP contribution in [0, 0.1) is 11.8 Å². The summed E-state index contributed by atoms with van der Waals surface area (Å²) in [5.41, 5.74) is 17.1. The molecule has 1 fully saturated rings. The second kappa shape index (κ2) is 12.4. The molecular formula is C16H27N9O4. The summed E-state index contributed by atoms with van der Waals surface area (Å²) in [4.78, 5) is 42.0. The first-order valence-electron chi connectivity index (χ1n) is 9.25. The van der Waals surface area contributed by atoms with Crippen molar-refractivity contribution in [2.24, 2.45) is 22.1 Å². The van der Waals surface area contributed by atoms with Gasteiger partial charge in [0.2, 0.25) is 11.8 Å². The van der Waals surface area contributed by atoms with E-state index in [1.165, 1.54) is 7.11 Å². The number of hydrogen-bond acceptors (Lipinski definition) is 7. The summed E-state index contributed by atoms with van der Waals surface area (Å²) in [5.74, 6) is -1.71. The van der Waals surface area contributed by atoms with Crippen LogP contribution in [0.2, 0.25) is 0 Å². The van der Waals surface area contributed by atoms with Gasteiger partial charge in [0.1, 0.15) is 12.6 Å². The standard InChI is InChI=1S/C16H27N9O4/c1-9(2)4-12(15(27)19-8-13(26)29-3)23-16(28)14-10(6-20-24-17)5-11(22-14)7-21-25-18/h9-12,14,22H,4-8H2,1-3H3,(H,19,27)(H,23,28)/t10-,11+,12-,14+/m0/s1. The summed E-state index contributed by atoms with van der Waals surface area (Å²) in [6, 6.07) is -1.79. The van der Waals surface area contributed by atoms with Crippen LogP contribution in [0.15, 0.2) is 10.2 Å². The number of hydrogen-bond donors (Lipinski definition) is 3. The summed E-state index contributed by atoms with van der Waals surface area (Å²) in [6.07, 6.45) is 0.855. The molecule has 1 heterocycles. The van der Waals surface area contributed by atoms with Gasteiger partial charge in [-0.05, 0) is 35.7 Å². The van der Waals surface area contributed by atoms with Crippen LogP contribution in [-0.4, -0.2) is 62.7 Å². The minimum absolute atomic E-state index is 0.0950. The van der Waals surface area contributed by atoms with E-state index in [-0.39, 0.29) is 37.5 Å². The zero-order chi connectivity index (χ0) is 21.8. The van der Waals surface area contributed by atoms with Crippen molar-refractivity contribution in [1.82, 2.24) is 16.0 Å². The molecule has 3 N–H and O–H groups in total. The monoisotopic (exact) mass is 409 g/mol. The molecule has 0 aromatic heterocycles. The Balaban J connectivity index is 2.85. The molecule has 1 saturated heterocycles. The number of azide groups is 2. The van der Waals surface area contributed by atoms with Gasteiger partial charge in [0.05, 0.1) is 13.2 Å². The zero-order valence-corrected chi connectivity index (χ0v) is 16.7. The average Bonchev–Trinajstić information content (AvgIpc) is 3.10. The molecule has 0 aliphatic carbocycles. The lowest BCUT2D eigenvalue weighted by molar-refractivity contribution is -0.141. The molecular weight excluding hydrogens is 382 g/mol. The van der Waals surface area contributed by atoms with Crippen LogP contribution in [0.1, 0.15) is 26.7 Å². The number of esters is 1. The Morgan fingerprint density at radius 1 is 1.21 bits per heavy atom. The van der Waals surface area contributed by atoms with E-state index in [9.17, 15) is 14.4 Å². The number of nitrogens with zero attached hydrogens (tertiary/aromatic N) is 6. The highest BCUT2D eigenvalue weighted by Gasteiger charge is 2.38. The van der Waals surface area contributed by atoms with Crippen LogP contribution >= 0.6 is 0 Å². The molecule has 13 nitrogen and oxygen atoms in total. The number of rotatable bonds is 11. The predicted molar refractivity (Wildman–Crippen MR) is 103 cm³/mol. The molecule has 0 unspecified atom stereocenters. The maximum atomic E-state index is 12.8. The first kappa shape index (κ1) is 24.0. The largest absolute Gasteiger partial charge is 0.468 e. The molecule has 0 spiro atoms.